The second kappa shape index (κ2) is 9.48. The van der Waals surface area contributed by atoms with E-state index in [1.165, 1.54) is 16.9 Å². The number of nitrogens with zero attached hydrogens (tertiary/aromatic N) is 2. The Balaban J connectivity index is 1.02. The summed E-state index contributed by atoms with van der Waals surface area (Å²) in [5.74, 6) is 0.417. The first kappa shape index (κ1) is 23.8. The van der Waals surface area contributed by atoms with Gasteiger partial charge in [0.25, 0.3) is 5.91 Å². The van der Waals surface area contributed by atoms with Crippen molar-refractivity contribution in [2.45, 2.75) is 25.7 Å². The Labute approximate surface area is 231 Å². The Bertz CT molecular complexity index is 1760. The van der Waals surface area contributed by atoms with Crippen LogP contribution in [0.15, 0.2) is 60.7 Å². The van der Waals surface area contributed by atoms with E-state index in [1.807, 2.05) is 30.3 Å². The van der Waals surface area contributed by atoms with E-state index >= 15 is 0 Å². The number of anilines is 2. The Kier molecular flexibility index (Phi) is 5.79. The highest BCUT2D eigenvalue weighted by Gasteiger charge is 2.33. The number of thiazole rings is 2. The third-order valence-electron chi connectivity index (χ3n) is 6.83. The lowest BCUT2D eigenvalue weighted by atomic mass is 10.1. The maximum Gasteiger partial charge on any atom is 0.257 e. The molecule has 194 valence electrons. The second-order valence-electron chi connectivity index (χ2n) is 9.50. The predicted octanol–water partition coefficient (Wildman–Crippen LogP) is 6.38. The van der Waals surface area contributed by atoms with Gasteiger partial charge in [-0.3, -0.25) is 14.9 Å². The monoisotopic (exact) mass is 554 g/mol. The summed E-state index contributed by atoms with van der Waals surface area (Å²) in [5, 5.41) is 7.32. The molecule has 2 aliphatic rings. The minimum atomic E-state index is -0.361. The SMILES string of the molecule is Cc1ccc2nc(-c3ccc(NC(=O)C4CCc5sc(NC(=O)c6ccc7c(c6)OCO7)nc54)cc3)sc2c1. The Hall–Kier alpha value is -4.28. The van der Waals surface area contributed by atoms with Gasteiger partial charge in [-0.05, 0) is 79.9 Å². The summed E-state index contributed by atoms with van der Waals surface area (Å²) in [6.07, 6.45) is 1.45. The molecule has 0 saturated heterocycles. The number of amides is 2. The largest absolute Gasteiger partial charge is 0.454 e. The van der Waals surface area contributed by atoms with E-state index in [1.54, 1.807) is 29.5 Å². The van der Waals surface area contributed by atoms with Crippen molar-refractivity contribution in [1.29, 1.82) is 0 Å². The van der Waals surface area contributed by atoms with E-state index in [9.17, 15) is 9.59 Å². The molecule has 10 heteroatoms. The first-order chi connectivity index (χ1) is 19.0. The fourth-order valence-electron chi connectivity index (χ4n) is 4.82. The van der Waals surface area contributed by atoms with Gasteiger partial charge in [-0.25, -0.2) is 9.97 Å². The number of ether oxygens (including phenoxy) is 2. The average molecular weight is 555 g/mol. The van der Waals surface area contributed by atoms with E-state index in [0.29, 0.717) is 28.6 Å². The van der Waals surface area contributed by atoms with E-state index in [0.717, 1.165) is 43.5 Å². The summed E-state index contributed by atoms with van der Waals surface area (Å²) in [4.78, 5) is 36.3. The van der Waals surface area contributed by atoms with Gasteiger partial charge in [0.2, 0.25) is 12.7 Å². The van der Waals surface area contributed by atoms with Crippen LogP contribution in [-0.4, -0.2) is 28.6 Å². The van der Waals surface area contributed by atoms with Crippen molar-refractivity contribution in [3.05, 3.63) is 82.4 Å². The van der Waals surface area contributed by atoms with Crippen molar-refractivity contribution in [3.63, 3.8) is 0 Å². The molecule has 0 radical (unpaired) electrons. The molecule has 5 aromatic rings. The third kappa shape index (κ3) is 4.51. The van der Waals surface area contributed by atoms with Crippen molar-refractivity contribution in [1.82, 2.24) is 9.97 Å². The minimum absolute atomic E-state index is 0.101. The summed E-state index contributed by atoms with van der Waals surface area (Å²) < 4.78 is 11.8. The lowest BCUT2D eigenvalue weighted by molar-refractivity contribution is -0.117. The quantitative estimate of drug-likeness (QED) is 0.261. The normalized spacial score (nSPS) is 15.4. The molecule has 0 bridgehead atoms. The number of fused-ring (bicyclic) bond motifs is 3. The predicted molar refractivity (Wildman–Crippen MR) is 152 cm³/mol. The zero-order valence-corrected chi connectivity index (χ0v) is 22.4. The molecule has 2 aromatic heterocycles. The average Bonchev–Trinajstić information content (AvgIpc) is 3.71. The summed E-state index contributed by atoms with van der Waals surface area (Å²) in [6, 6.07) is 19.1. The molecule has 0 saturated carbocycles. The molecule has 2 amide bonds. The number of carbonyl (C=O) groups is 2. The molecule has 3 aromatic carbocycles. The minimum Gasteiger partial charge on any atom is -0.454 e. The highest BCUT2D eigenvalue weighted by atomic mass is 32.1. The summed E-state index contributed by atoms with van der Waals surface area (Å²) in [7, 11) is 0. The van der Waals surface area contributed by atoms with Gasteiger partial charge in [0.15, 0.2) is 16.6 Å². The third-order valence-corrected chi connectivity index (χ3v) is 8.95. The maximum atomic E-state index is 13.2. The van der Waals surface area contributed by atoms with Gasteiger partial charge in [-0.2, -0.15) is 0 Å². The van der Waals surface area contributed by atoms with Gasteiger partial charge in [0.05, 0.1) is 21.8 Å². The fourth-order valence-corrected chi connectivity index (χ4v) is 6.93. The Morgan fingerprint density at radius 3 is 2.64 bits per heavy atom. The molecule has 1 atom stereocenters. The summed E-state index contributed by atoms with van der Waals surface area (Å²) in [6.45, 7) is 2.23. The highest BCUT2D eigenvalue weighted by Crippen LogP contribution is 2.40. The number of hydrogen-bond acceptors (Lipinski definition) is 8. The van der Waals surface area contributed by atoms with Gasteiger partial charge in [-0.1, -0.05) is 6.07 Å². The molecule has 1 aliphatic carbocycles. The van der Waals surface area contributed by atoms with Crippen molar-refractivity contribution >= 4 is 55.5 Å². The summed E-state index contributed by atoms with van der Waals surface area (Å²) >= 11 is 3.07. The van der Waals surface area contributed by atoms with Crippen LogP contribution < -0.4 is 20.1 Å². The maximum absolute atomic E-state index is 13.2. The van der Waals surface area contributed by atoms with Gasteiger partial charge < -0.3 is 14.8 Å². The highest BCUT2D eigenvalue weighted by molar-refractivity contribution is 7.21. The smallest absolute Gasteiger partial charge is 0.257 e. The summed E-state index contributed by atoms with van der Waals surface area (Å²) in [5.41, 5.74) is 5.13. The number of aromatic nitrogens is 2. The van der Waals surface area contributed by atoms with Crippen molar-refractivity contribution in [2.24, 2.45) is 0 Å². The molecule has 0 spiro atoms. The van der Waals surface area contributed by atoms with E-state index < -0.39 is 0 Å². The Morgan fingerprint density at radius 1 is 0.923 bits per heavy atom. The van der Waals surface area contributed by atoms with Gasteiger partial charge in [-0.15, -0.1) is 22.7 Å². The van der Waals surface area contributed by atoms with Crippen LogP contribution in [0, 0.1) is 6.92 Å². The van der Waals surface area contributed by atoms with E-state index in [4.69, 9.17) is 14.5 Å². The fraction of sp³-hybridized carbons (Fsp3) is 0.172. The molecule has 1 aliphatic heterocycles. The van der Waals surface area contributed by atoms with Crippen LogP contribution in [0.5, 0.6) is 11.5 Å². The molecule has 8 nitrogen and oxygen atoms in total. The topological polar surface area (TPSA) is 102 Å². The van der Waals surface area contributed by atoms with Crippen LogP contribution in [0.4, 0.5) is 10.8 Å². The van der Waals surface area contributed by atoms with Crippen LogP contribution >= 0.6 is 22.7 Å². The number of carbonyl (C=O) groups excluding carboxylic acids is 2. The first-order valence-corrected chi connectivity index (χ1v) is 14.1. The molecular formula is C29H22N4O4S2. The van der Waals surface area contributed by atoms with Crippen LogP contribution in [0.25, 0.3) is 20.8 Å². The molecular weight excluding hydrogens is 532 g/mol. The Morgan fingerprint density at radius 2 is 1.77 bits per heavy atom. The first-order valence-electron chi connectivity index (χ1n) is 12.5. The lowest BCUT2D eigenvalue weighted by Gasteiger charge is -2.11. The van der Waals surface area contributed by atoms with Gasteiger partial charge >= 0.3 is 0 Å². The molecule has 39 heavy (non-hydrogen) atoms. The molecule has 3 heterocycles. The zero-order valence-electron chi connectivity index (χ0n) is 20.8. The molecule has 0 fully saturated rings. The second-order valence-corrected chi connectivity index (χ2v) is 11.6. The zero-order chi connectivity index (χ0) is 26.5. The van der Waals surface area contributed by atoms with E-state index in [2.05, 4.69) is 34.7 Å². The number of benzene rings is 3. The lowest BCUT2D eigenvalue weighted by Crippen LogP contribution is -2.20. The number of rotatable bonds is 5. The number of nitrogens with one attached hydrogen (secondary N) is 2. The van der Waals surface area contributed by atoms with Crippen LogP contribution in [-0.2, 0) is 11.2 Å². The molecule has 7 rings (SSSR count). The number of hydrogen-bond donors (Lipinski definition) is 2. The van der Waals surface area contributed by atoms with E-state index in [-0.39, 0.29) is 24.5 Å². The van der Waals surface area contributed by atoms with Crippen molar-refractivity contribution < 1.29 is 19.1 Å². The van der Waals surface area contributed by atoms with Gasteiger partial charge in [0, 0.05) is 21.7 Å². The van der Waals surface area contributed by atoms with Crippen LogP contribution in [0.2, 0.25) is 0 Å². The van der Waals surface area contributed by atoms with Crippen molar-refractivity contribution in [3.8, 4) is 22.1 Å². The number of aryl methyl sites for hydroxylation is 2. The standard InChI is InChI=1S/C29H22N4O4S2/c1-15-2-9-20-24(12-15)38-28(31-20)16-3-6-18(7-4-16)30-27(35)19-8-11-23-25(19)32-29(39-23)33-26(34)17-5-10-21-22(13-17)37-14-36-21/h2-7,9-10,12-13,19H,8,11,14H2,1H3,(H,30,35)(H,32,33,34). The van der Waals surface area contributed by atoms with Crippen LogP contribution in [0.3, 0.4) is 0 Å². The van der Waals surface area contributed by atoms with Crippen molar-refractivity contribution in [2.75, 3.05) is 17.4 Å². The molecule has 2 N–H and O–H groups in total. The van der Waals surface area contributed by atoms with Crippen LogP contribution in [0.1, 0.15) is 38.8 Å². The van der Waals surface area contributed by atoms with Gasteiger partial charge in [0.1, 0.15) is 5.01 Å². The molecule has 1 unspecified atom stereocenters.